The lowest BCUT2D eigenvalue weighted by molar-refractivity contribution is 0.530. The Hall–Kier alpha value is -4.45. The molecule has 0 fully saturated rings. The zero-order chi connectivity index (χ0) is 24.9. The molecule has 4 rings (SSSR count). The summed E-state index contributed by atoms with van der Waals surface area (Å²) >= 11 is 0. The van der Waals surface area contributed by atoms with E-state index < -0.39 is 0 Å². The largest absolute Gasteiger partial charge is 0.378 e. The number of nitrogens with zero attached hydrogens (tertiary/aromatic N) is 4. The summed E-state index contributed by atoms with van der Waals surface area (Å²) < 4.78 is 0. The Morgan fingerprint density at radius 1 is 1.14 bits per heavy atom. The molecule has 0 aliphatic carbocycles. The van der Waals surface area contributed by atoms with Crippen molar-refractivity contribution in [2.24, 2.45) is 0 Å². The molecule has 0 spiro atoms. The van der Waals surface area contributed by atoms with E-state index in [-0.39, 0.29) is 0 Å². The Labute approximate surface area is 205 Å². The second-order valence-corrected chi connectivity index (χ2v) is 8.32. The van der Waals surface area contributed by atoms with E-state index in [2.05, 4.69) is 62.6 Å². The summed E-state index contributed by atoms with van der Waals surface area (Å²) in [6.07, 6.45) is 15.5. The molecule has 0 radical (unpaired) electrons. The molecule has 0 saturated heterocycles. The van der Waals surface area contributed by atoms with E-state index in [0.717, 1.165) is 61.0 Å². The molecule has 35 heavy (non-hydrogen) atoms. The fourth-order valence-corrected chi connectivity index (χ4v) is 3.99. The Kier molecular flexibility index (Phi) is 6.92. The van der Waals surface area contributed by atoms with Crippen molar-refractivity contribution < 1.29 is 0 Å². The molecule has 0 bridgehead atoms. The van der Waals surface area contributed by atoms with Crippen LogP contribution < -0.4 is 10.6 Å². The van der Waals surface area contributed by atoms with Crippen molar-refractivity contribution in [3.05, 3.63) is 102 Å². The summed E-state index contributed by atoms with van der Waals surface area (Å²) in [6.45, 7) is 12.3. The van der Waals surface area contributed by atoms with Crippen molar-refractivity contribution in [1.29, 1.82) is 0 Å². The van der Waals surface area contributed by atoms with Crippen LogP contribution in [0.25, 0.3) is 45.7 Å². The fourth-order valence-electron chi connectivity index (χ4n) is 3.99. The number of aromatic nitrogens is 5. The van der Waals surface area contributed by atoms with E-state index in [1.807, 2.05) is 75.6 Å². The van der Waals surface area contributed by atoms with E-state index in [4.69, 9.17) is 0 Å². The normalized spacial score (nSPS) is 13.5. The number of rotatable bonds is 7. The van der Waals surface area contributed by atoms with Gasteiger partial charge in [-0.1, -0.05) is 31.4 Å². The van der Waals surface area contributed by atoms with Crippen LogP contribution >= 0.6 is 0 Å². The summed E-state index contributed by atoms with van der Waals surface area (Å²) in [5, 5.41) is 10.7. The Balaban J connectivity index is 1.85. The van der Waals surface area contributed by atoms with Crippen molar-refractivity contribution in [1.82, 2.24) is 30.0 Å². The van der Waals surface area contributed by atoms with Gasteiger partial charge in [0.15, 0.2) is 0 Å². The average Bonchev–Trinajstić information content (AvgIpc) is 3.48. The number of H-pyrrole nitrogens is 2. The smallest absolute Gasteiger partial charge is 0.116 e. The van der Waals surface area contributed by atoms with Gasteiger partial charge in [-0.25, -0.2) is 0 Å². The van der Waals surface area contributed by atoms with E-state index in [1.165, 1.54) is 0 Å². The highest BCUT2D eigenvalue weighted by atomic mass is 15.1. The highest BCUT2D eigenvalue weighted by Gasteiger charge is 2.13. The first-order valence-corrected chi connectivity index (χ1v) is 11.4. The van der Waals surface area contributed by atoms with Gasteiger partial charge in [0.25, 0.3) is 0 Å². The molecule has 2 N–H and O–H groups in total. The third-order valence-corrected chi connectivity index (χ3v) is 5.89. The first kappa shape index (κ1) is 23.7. The molecule has 176 valence electrons. The fraction of sp³-hybridized carbons (Fsp3) is 0.138. The van der Waals surface area contributed by atoms with Crippen LogP contribution in [-0.4, -0.2) is 44.1 Å². The zero-order valence-electron chi connectivity index (χ0n) is 20.6. The van der Waals surface area contributed by atoms with Gasteiger partial charge in [0.1, 0.15) is 5.69 Å². The highest BCUT2D eigenvalue weighted by molar-refractivity contribution is 5.96. The van der Waals surface area contributed by atoms with Crippen molar-refractivity contribution in [2.75, 3.05) is 14.1 Å². The number of hydrogen-bond acceptors (Lipinski definition) is 4. The van der Waals surface area contributed by atoms with Crippen molar-refractivity contribution in [3.8, 4) is 22.6 Å². The molecule has 0 aromatic carbocycles. The van der Waals surface area contributed by atoms with Gasteiger partial charge < -0.3 is 9.88 Å². The number of nitrogens with one attached hydrogen (secondary N) is 2. The van der Waals surface area contributed by atoms with Crippen LogP contribution in [0.5, 0.6) is 0 Å². The zero-order valence-corrected chi connectivity index (χ0v) is 20.6. The number of likely N-dealkylation sites (N-methyl/N-ethyl adjacent to an activating group) is 1. The van der Waals surface area contributed by atoms with Crippen LogP contribution in [0, 0.1) is 0 Å². The first-order chi connectivity index (χ1) is 17.0. The van der Waals surface area contributed by atoms with Crippen molar-refractivity contribution in [3.63, 3.8) is 0 Å². The molecule has 4 heterocycles. The molecule has 4 aromatic rings. The van der Waals surface area contributed by atoms with Gasteiger partial charge in [-0.3, -0.25) is 15.1 Å². The lowest BCUT2D eigenvalue weighted by atomic mass is 10.0. The summed E-state index contributed by atoms with van der Waals surface area (Å²) in [6, 6.07) is 7.98. The summed E-state index contributed by atoms with van der Waals surface area (Å²) in [7, 11) is 3.99. The van der Waals surface area contributed by atoms with Crippen molar-refractivity contribution in [2.45, 2.75) is 13.8 Å². The lowest BCUT2D eigenvalue weighted by Crippen LogP contribution is -2.23. The monoisotopic (exact) mass is 462 g/mol. The minimum absolute atomic E-state index is 0.818. The van der Waals surface area contributed by atoms with Crippen LogP contribution in [0.4, 0.5) is 0 Å². The maximum atomic E-state index is 4.64. The van der Waals surface area contributed by atoms with E-state index in [1.54, 1.807) is 6.20 Å². The van der Waals surface area contributed by atoms with Gasteiger partial charge in [0.05, 0.1) is 28.5 Å². The first-order valence-electron chi connectivity index (χ1n) is 11.4. The highest BCUT2D eigenvalue weighted by Crippen LogP contribution is 2.29. The van der Waals surface area contributed by atoms with Crippen molar-refractivity contribution >= 4 is 23.1 Å². The predicted molar refractivity (Wildman–Crippen MR) is 146 cm³/mol. The molecule has 0 saturated carbocycles. The Morgan fingerprint density at radius 2 is 1.97 bits per heavy atom. The number of fused-ring (bicyclic) bond motifs is 1. The molecule has 0 aliphatic rings. The third-order valence-electron chi connectivity index (χ3n) is 5.89. The quantitative estimate of drug-likeness (QED) is 0.390. The standard InChI is InChI=1S/C29H30N6/c1-7-20(15-21(8-2)35(5)6)19(4)14-23-25(9-3)33-34-29(23)27-16-22-24(17-30-18-28(22)32-27)26-12-10-11-13-31-26/h7-18,32-33H,2,4H2,1,3,5-6H3/b20-7+,21-15+,23-14+,25-9+. The lowest BCUT2D eigenvalue weighted by Gasteiger charge is -2.14. The molecule has 6 heteroatoms. The number of pyridine rings is 2. The molecule has 4 aromatic heterocycles. The molecular weight excluding hydrogens is 432 g/mol. The molecule has 0 atom stereocenters. The minimum Gasteiger partial charge on any atom is -0.378 e. The van der Waals surface area contributed by atoms with Gasteiger partial charge >= 0.3 is 0 Å². The van der Waals surface area contributed by atoms with Crippen LogP contribution in [0.2, 0.25) is 0 Å². The molecule has 6 nitrogen and oxygen atoms in total. The van der Waals surface area contributed by atoms with E-state index >= 15 is 0 Å². The van der Waals surface area contributed by atoms with Gasteiger partial charge in [0.2, 0.25) is 0 Å². The number of hydrogen-bond donors (Lipinski definition) is 2. The maximum Gasteiger partial charge on any atom is 0.116 e. The minimum atomic E-state index is 0.818. The van der Waals surface area contributed by atoms with E-state index in [9.17, 15) is 0 Å². The van der Waals surface area contributed by atoms with E-state index in [0.29, 0.717) is 0 Å². The Bertz CT molecular complexity index is 1560. The third kappa shape index (κ3) is 4.77. The van der Waals surface area contributed by atoms with Crippen LogP contribution in [-0.2, 0) is 0 Å². The van der Waals surface area contributed by atoms with Crippen LogP contribution in [0.15, 0.2) is 91.1 Å². The number of aromatic amines is 2. The predicted octanol–water partition coefficient (Wildman–Crippen LogP) is 4.73. The van der Waals surface area contributed by atoms with Gasteiger partial charge in [-0.05, 0) is 61.4 Å². The summed E-state index contributed by atoms with van der Waals surface area (Å²) in [5.74, 6) is 0. The molecule has 0 amide bonds. The van der Waals surface area contributed by atoms with Crippen LogP contribution in [0.3, 0.4) is 0 Å². The molecular formula is C29H30N6. The SMILES string of the molecule is C=C/C(=C\C(=C/C)C(=C)/C=c1/c(-c2cc3c(-c4ccccn4)cncc3[nH]2)n[nH]/c1=C/C)N(C)C. The van der Waals surface area contributed by atoms with Gasteiger partial charge in [-0.2, -0.15) is 5.10 Å². The van der Waals surface area contributed by atoms with Gasteiger partial charge in [0, 0.05) is 48.4 Å². The number of allylic oxidation sites excluding steroid dienone is 5. The second-order valence-electron chi connectivity index (χ2n) is 8.32. The maximum absolute atomic E-state index is 4.64. The average molecular weight is 463 g/mol. The van der Waals surface area contributed by atoms with Crippen LogP contribution in [0.1, 0.15) is 13.8 Å². The second kappa shape index (κ2) is 10.2. The summed E-state index contributed by atoms with van der Waals surface area (Å²) in [5.41, 5.74) is 7.39. The van der Waals surface area contributed by atoms with Gasteiger partial charge in [-0.15, -0.1) is 0 Å². The summed E-state index contributed by atoms with van der Waals surface area (Å²) in [4.78, 5) is 14.4. The Morgan fingerprint density at radius 3 is 2.63 bits per heavy atom. The topological polar surface area (TPSA) is 73.5 Å². The molecule has 0 aliphatic heterocycles. The molecule has 0 unspecified atom stereocenters.